The molecule has 2 saturated heterocycles. The summed E-state index contributed by atoms with van der Waals surface area (Å²) in [6.45, 7) is 3.77. The van der Waals surface area contributed by atoms with Gasteiger partial charge in [0.2, 0.25) is 11.8 Å². The first-order chi connectivity index (χ1) is 13.7. The Morgan fingerprint density at radius 1 is 1.17 bits per heavy atom. The summed E-state index contributed by atoms with van der Waals surface area (Å²) in [7, 11) is 2.11. The van der Waals surface area contributed by atoms with Crippen molar-refractivity contribution in [2.45, 2.75) is 25.7 Å². The van der Waals surface area contributed by atoms with Crippen LogP contribution in [-0.2, 0) is 22.7 Å². The lowest BCUT2D eigenvalue weighted by atomic mass is 10.1. The average molecular weight is 412 g/mol. The van der Waals surface area contributed by atoms with E-state index in [0.29, 0.717) is 11.4 Å². The molecule has 0 aromatic heterocycles. The zero-order valence-electron chi connectivity index (χ0n) is 16.5. The number of halogens is 3. The lowest BCUT2D eigenvalue weighted by molar-refractivity contribution is -0.157. The smallest absolute Gasteiger partial charge is 0.352 e. The first-order valence-electron chi connectivity index (χ1n) is 9.80. The highest BCUT2D eigenvalue weighted by Gasteiger charge is 2.40. The molecular formula is C20H27F3N4O2. The summed E-state index contributed by atoms with van der Waals surface area (Å²) in [4.78, 5) is 29.5. The summed E-state index contributed by atoms with van der Waals surface area (Å²) >= 11 is 0. The van der Waals surface area contributed by atoms with Gasteiger partial charge in [-0.15, -0.1) is 0 Å². The summed E-state index contributed by atoms with van der Waals surface area (Å²) in [6.07, 6.45) is -4.63. The van der Waals surface area contributed by atoms with Crippen molar-refractivity contribution in [1.82, 2.24) is 20.0 Å². The van der Waals surface area contributed by atoms with E-state index in [0.717, 1.165) is 43.9 Å². The second-order valence-corrected chi connectivity index (χ2v) is 7.91. The van der Waals surface area contributed by atoms with Crippen LogP contribution in [0.1, 0.15) is 17.5 Å². The normalized spacial score (nSPS) is 21.6. The molecule has 0 spiro atoms. The predicted octanol–water partition coefficient (Wildman–Crippen LogP) is 1.46. The van der Waals surface area contributed by atoms with Crippen LogP contribution in [0.4, 0.5) is 13.2 Å². The number of benzene rings is 1. The zero-order valence-corrected chi connectivity index (χ0v) is 16.5. The third-order valence-corrected chi connectivity index (χ3v) is 5.42. The van der Waals surface area contributed by atoms with Gasteiger partial charge < -0.3 is 15.1 Å². The molecule has 0 bridgehead atoms. The molecule has 0 aliphatic carbocycles. The summed E-state index contributed by atoms with van der Waals surface area (Å²) in [5.41, 5.74) is 2.09. The number of nitrogens with one attached hydrogen (secondary N) is 1. The Morgan fingerprint density at radius 2 is 1.86 bits per heavy atom. The largest absolute Gasteiger partial charge is 0.406 e. The van der Waals surface area contributed by atoms with Crippen LogP contribution in [-0.4, -0.2) is 79.0 Å². The van der Waals surface area contributed by atoms with E-state index in [1.807, 2.05) is 24.3 Å². The second-order valence-electron chi connectivity index (χ2n) is 7.91. The van der Waals surface area contributed by atoms with Crippen molar-refractivity contribution in [3.63, 3.8) is 0 Å². The van der Waals surface area contributed by atoms with Gasteiger partial charge in [0.1, 0.15) is 6.54 Å². The fourth-order valence-electron chi connectivity index (χ4n) is 3.75. The molecule has 3 rings (SSSR count). The van der Waals surface area contributed by atoms with Crippen LogP contribution in [0.5, 0.6) is 0 Å². The Hall–Kier alpha value is -2.13. The van der Waals surface area contributed by atoms with Crippen LogP contribution in [0, 0.1) is 5.92 Å². The minimum absolute atomic E-state index is 0.175. The first kappa shape index (κ1) is 21.6. The van der Waals surface area contributed by atoms with Gasteiger partial charge in [-0.05, 0) is 18.2 Å². The Bertz CT molecular complexity index is 733. The van der Waals surface area contributed by atoms with E-state index in [4.69, 9.17) is 0 Å². The molecule has 160 valence electrons. The minimum Gasteiger partial charge on any atom is -0.352 e. The van der Waals surface area contributed by atoms with Gasteiger partial charge in [-0.2, -0.15) is 13.2 Å². The standard InChI is InChI=1S/C20H27F3N4O2/c1-25-5-7-26(8-6-25)12-16-4-2-3-15(9-16)11-24-19(29)17-10-18(28)27(13-17)14-20(21,22)23/h2-4,9,17H,5-8,10-14H2,1H3,(H,24,29). The maximum atomic E-state index is 12.5. The molecule has 1 atom stereocenters. The molecule has 2 fully saturated rings. The van der Waals surface area contributed by atoms with Crippen molar-refractivity contribution in [2.24, 2.45) is 5.92 Å². The predicted molar refractivity (Wildman–Crippen MR) is 102 cm³/mol. The number of carbonyl (C=O) groups excluding carboxylic acids is 2. The Morgan fingerprint density at radius 3 is 2.55 bits per heavy atom. The molecule has 2 amide bonds. The van der Waals surface area contributed by atoms with Crippen LogP contribution in [0.2, 0.25) is 0 Å². The molecule has 1 N–H and O–H groups in total. The lowest BCUT2D eigenvalue weighted by Crippen LogP contribution is -2.43. The molecule has 2 aliphatic heterocycles. The molecule has 1 aromatic rings. The Labute approximate surface area is 168 Å². The van der Waals surface area contributed by atoms with E-state index in [1.54, 1.807) is 0 Å². The zero-order chi connectivity index (χ0) is 21.0. The van der Waals surface area contributed by atoms with E-state index in [9.17, 15) is 22.8 Å². The highest BCUT2D eigenvalue weighted by atomic mass is 19.4. The first-order valence-corrected chi connectivity index (χ1v) is 9.80. The van der Waals surface area contributed by atoms with Crippen LogP contribution in [0.25, 0.3) is 0 Å². The molecule has 9 heteroatoms. The number of hydrogen-bond acceptors (Lipinski definition) is 4. The third kappa shape index (κ3) is 6.43. The van der Waals surface area contributed by atoms with Crippen molar-refractivity contribution < 1.29 is 22.8 Å². The Kier molecular flexibility index (Phi) is 6.79. The van der Waals surface area contributed by atoms with Crippen LogP contribution < -0.4 is 5.32 Å². The number of amides is 2. The average Bonchev–Trinajstić information content (AvgIpc) is 3.01. The van der Waals surface area contributed by atoms with E-state index < -0.39 is 24.5 Å². The van der Waals surface area contributed by atoms with Crippen molar-refractivity contribution in [1.29, 1.82) is 0 Å². The molecule has 0 radical (unpaired) electrons. The van der Waals surface area contributed by atoms with E-state index in [-0.39, 0.29) is 18.9 Å². The van der Waals surface area contributed by atoms with E-state index in [2.05, 4.69) is 22.2 Å². The summed E-state index contributed by atoms with van der Waals surface area (Å²) in [5.74, 6) is -1.75. The third-order valence-electron chi connectivity index (χ3n) is 5.42. The molecule has 29 heavy (non-hydrogen) atoms. The van der Waals surface area contributed by atoms with Gasteiger partial charge in [0.05, 0.1) is 5.92 Å². The summed E-state index contributed by atoms with van der Waals surface area (Å²) in [5, 5.41) is 2.76. The van der Waals surface area contributed by atoms with E-state index >= 15 is 0 Å². The maximum absolute atomic E-state index is 12.5. The monoisotopic (exact) mass is 412 g/mol. The highest BCUT2D eigenvalue weighted by Crippen LogP contribution is 2.24. The number of piperazine rings is 1. The maximum Gasteiger partial charge on any atom is 0.406 e. The second kappa shape index (κ2) is 9.13. The fourth-order valence-corrected chi connectivity index (χ4v) is 3.75. The van der Waals surface area contributed by atoms with Crippen molar-refractivity contribution in [3.8, 4) is 0 Å². The molecule has 0 saturated carbocycles. The quantitative estimate of drug-likeness (QED) is 0.769. The topological polar surface area (TPSA) is 55.9 Å². The van der Waals surface area contributed by atoms with Gasteiger partial charge in [0.15, 0.2) is 0 Å². The number of likely N-dealkylation sites (N-methyl/N-ethyl adjacent to an activating group) is 1. The molecular weight excluding hydrogens is 385 g/mol. The number of hydrogen-bond donors (Lipinski definition) is 1. The van der Waals surface area contributed by atoms with Gasteiger partial charge in [0.25, 0.3) is 0 Å². The van der Waals surface area contributed by atoms with Crippen LogP contribution >= 0.6 is 0 Å². The highest BCUT2D eigenvalue weighted by molar-refractivity contribution is 5.89. The SMILES string of the molecule is CN1CCN(Cc2cccc(CNC(=O)C3CC(=O)N(CC(F)(F)F)C3)c2)CC1. The van der Waals surface area contributed by atoms with Crippen molar-refractivity contribution in [3.05, 3.63) is 35.4 Å². The fraction of sp³-hybridized carbons (Fsp3) is 0.600. The van der Waals surface area contributed by atoms with Gasteiger partial charge in [-0.25, -0.2) is 0 Å². The van der Waals surface area contributed by atoms with Gasteiger partial charge in [0, 0.05) is 52.2 Å². The molecule has 2 aliphatic rings. The van der Waals surface area contributed by atoms with Gasteiger partial charge in [-0.3, -0.25) is 14.5 Å². The summed E-state index contributed by atoms with van der Waals surface area (Å²) in [6, 6.07) is 7.93. The van der Waals surface area contributed by atoms with Crippen LogP contribution in [0.15, 0.2) is 24.3 Å². The van der Waals surface area contributed by atoms with Crippen molar-refractivity contribution >= 4 is 11.8 Å². The number of alkyl halides is 3. The number of carbonyl (C=O) groups is 2. The van der Waals surface area contributed by atoms with Gasteiger partial charge >= 0.3 is 6.18 Å². The molecule has 6 nitrogen and oxygen atoms in total. The van der Waals surface area contributed by atoms with Crippen LogP contribution in [0.3, 0.4) is 0 Å². The Balaban J connectivity index is 1.48. The molecule has 1 unspecified atom stereocenters. The molecule has 2 heterocycles. The molecule has 1 aromatic carbocycles. The lowest BCUT2D eigenvalue weighted by Gasteiger charge is -2.32. The van der Waals surface area contributed by atoms with Gasteiger partial charge in [-0.1, -0.05) is 24.3 Å². The minimum atomic E-state index is -4.45. The van der Waals surface area contributed by atoms with E-state index in [1.165, 1.54) is 0 Å². The van der Waals surface area contributed by atoms with Crippen molar-refractivity contribution in [2.75, 3.05) is 46.3 Å². The number of nitrogens with zero attached hydrogens (tertiary/aromatic N) is 3. The number of likely N-dealkylation sites (tertiary alicyclic amines) is 1. The summed E-state index contributed by atoms with van der Waals surface area (Å²) < 4.78 is 37.5. The number of rotatable bonds is 6.